The Bertz CT molecular complexity index is 835. The highest BCUT2D eigenvalue weighted by Crippen LogP contribution is 2.18. The molecule has 1 aromatic carbocycles. The van der Waals surface area contributed by atoms with E-state index in [0.29, 0.717) is 42.6 Å². The number of likely N-dealkylation sites (tertiary alicyclic amines) is 1. The first-order valence-corrected chi connectivity index (χ1v) is 9.54. The van der Waals surface area contributed by atoms with Crippen molar-refractivity contribution in [2.24, 2.45) is 0 Å². The van der Waals surface area contributed by atoms with E-state index in [1.165, 1.54) is 12.4 Å². The topological polar surface area (TPSA) is 106 Å². The fraction of sp³-hybridized carbons (Fsp3) is 0.400. The van der Waals surface area contributed by atoms with Gasteiger partial charge in [0.1, 0.15) is 5.75 Å². The third-order valence-corrected chi connectivity index (χ3v) is 4.60. The Morgan fingerprint density at radius 2 is 1.93 bits per heavy atom. The quantitative estimate of drug-likeness (QED) is 0.769. The Labute approximate surface area is 169 Å². The van der Waals surface area contributed by atoms with Crippen molar-refractivity contribution in [3.05, 3.63) is 42.2 Å². The molecule has 1 fully saturated rings. The van der Waals surface area contributed by atoms with Gasteiger partial charge in [-0.25, -0.2) is 14.8 Å². The van der Waals surface area contributed by atoms with Gasteiger partial charge in [-0.1, -0.05) is 6.07 Å². The van der Waals surface area contributed by atoms with Crippen LogP contribution in [0.1, 0.15) is 30.1 Å². The summed E-state index contributed by atoms with van der Waals surface area (Å²) in [5.41, 5.74) is 0.986. The van der Waals surface area contributed by atoms with Crippen LogP contribution >= 0.6 is 0 Å². The average molecular weight is 399 g/mol. The van der Waals surface area contributed by atoms with E-state index >= 15 is 0 Å². The van der Waals surface area contributed by atoms with E-state index < -0.39 is 0 Å². The monoisotopic (exact) mass is 399 g/mol. The average Bonchev–Trinajstić information content (AvgIpc) is 2.75. The van der Waals surface area contributed by atoms with Crippen LogP contribution in [0.3, 0.4) is 0 Å². The Kier molecular flexibility index (Phi) is 6.83. The van der Waals surface area contributed by atoms with E-state index in [-0.39, 0.29) is 18.0 Å². The predicted molar refractivity (Wildman–Crippen MR) is 108 cm³/mol. The van der Waals surface area contributed by atoms with E-state index in [4.69, 9.17) is 9.47 Å². The number of amides is 2. The third-order valence-electron chi connectivity index (χ3n) is 4.60. The summed E-state index contributed by atoms with van der Waals surface area (Å²) in [7, 11) is 1.57. The zero-order valence-corrected chi connectivity index (χ0v) is 16.6. The normalized spacial score (nSPS) is 14.2. The number of rotatable bonds is 6. The number of carbonyl (C=O) groups excluding carboxylic acids is 2. The van der Waals surface area contributed by atoms with Gasteiger partial charge in [0.05, 0.1) is 19.3 Å². The molecule has 9 nitrogen and oxygen atoms in total. The minimum absolute atomic E-state index is 0.164. The molecule has 0 bridgehead atoms. The molecule has 1 aliphatic rings. The fourth-order valence-corrected chi connectivity index (χ4v) is 3.03. The van der Waals surface area contributed by atoms with Crippen molar-refractivity contribution < 1.29 is 19.1 Å². The first-order valence-electron chi connectivity index (χ1n) is 9.54. The highest BCUT2D eigenvalue weighted by molar-refractivity contribution is 6.04. The van der Waals surface area contributed by atoms with E-state index in [1.54, 1.807) is 43.2 Å². The van der Waals surface area contributed by atoms with E-state index in [9.17, 15) is 9.59 Å². The second-order valence-corrected chi connectivity index (χ2v) is 6.59. The molecular formula is C20H25N5O4. The number of piperidine rings is 1. The maximum Gasteiger partial charge on any atom is 0.409 e. The number of anilines is 2. The Morgan fingerprint density at radius 1 is 1.21 bits per heavy atom. The number of ether oxygens (including phenoxy) is 2. The molecule has 3 rings (SSSR count). The Morgan fingerprint density at radius 3 is 2.59 bits per heavy atom. The van der Waals surface area contributed by atoms with Gasteiger partial charge in [-0.05, 0) is 31.9 Å². The van der Waals surface area contributed by atoms with Gasteiger partial charge in [0.15, 0.2) is 0 Å². The van der Waals surface area contributed by atoms with Crippen molar-refractivity contribution in [2.75, 3.05) is 37.4 Å². The number of nitrogens with zero attached hydrogens (tertiary/aromatic N) is 3. The van der Waals surface area contributed by atoms with Gasteiger partial charge in [-0.15, -0.1) is 0 Å². The van der Waals surface area contributed by atoms with Crippen LogP contribution in [0.25, 0.3) is 0 Å². The van der Waals surface area contributed by atoms with Crippen LogP contribution in [0.5, 0.6) is 5.75 Å². The van der Waals surface area contributed by atoms with Gasteiger partial charge >= 0.3 is 6.09 Å². The van der Waals surface area contributed by atoms with Crippen LogP contribution in [0.4, 0.5) is 16.4 Å². The van der Waals surface area contributed by atoms with Crippen LogP contribution in [-0.4, -0.2) is 59.7 Å². The molecule has 0 spiro atoms. The number of nitrogens with one attached hydrogen (secondary N) is 2. The maximum atomic E-state index is 12.4. The van der Waals surface area contributed by atoms with Crippen LogP contribution in [0.15, 0.2) is 36.7 Å². The van der Waals surface area contributed by atoms with Gasteiger partial charge in [0.2, 0.25) is 5.95 Å². The summed E-state index contributed by atoms with van der Waals surface area (Å²) < 4.78 is 10.2. The van der Waals surface area contributed by atoms with Gasteiger partial charge in [0.25, 0.3) is 5.91 Å². The molecule has 2 heterocycles. The SMILES string of the molecule is CCOC(=O)N1CCC(Nc2ncc(C(=O)Nc3cccc(OC)c3)cn2)CC1. The van der Waals surface area contributed by atoms with Crippen LogP contribution < -0.4 is 15.4 Å². The number of hydrogen-bond donors (Lipinski definition) is 2. The van der Waals surface area contributed by atoms with Gasteiger partial charge in [0, 0.05) is 43.3 Å². The molecule has 0 aliphatic carbocycles. The molecule has 0 radical (unpaired) electrons. The van der Waals surface area contributed by atoms with Crippen LogP contribution in [0, 0.1) is 0 Å². The lowest BCUT2D eigenvalue weighted by Gasteiger charge is -2.31. The Hall–Kier alpha value is -3.36. The molecule has 154 valence electrons. The molecule has 1 saturated heterocycles. The molecule has 29 heavy (non-hydrogen) atoms. The molecule has 2 amide bonds. The Balaban J connectivity index is 1.51. The zero-order chi connectivity index (χ0) is 20.6. The number of hydrogen-bond acceptors (Lipinski definition) is 7. The van der Waals surface area contributed by atoms with E-state index in [0.717, 1.165) is 12.8 Å². The second-order valence-electron chi connectivity index (χ2n) is 6.59. The molecule has 2 aromatic rings. The number of methoxy groups -OCH3 is 1. The van der Waals surface area contributed by atoms with E-state index in [2.05, 4.69) is 20.6 Å². The van der Waals surface area contributed by atoms with Crippen molar-refractivity contribution >= 4 is 23.6 Å². The van der Waals surface area contributed by atoms with Crippen molar-refractivity contribution in [3.63, 3.8) is 0 Å². The lowest BCUT2D eigenvalue weighted by Crippen LogP contribution is -2.42. The summed E-state index contributed by atoms with van der Waals surface area (Å²) in [6.45, 7) is 3.42. The number of benzene rings is 1. The van der Waals surface area contributed by atoms with Gasteiger partial charge in [-0.3, -0.25) is 4.79 Å². The summed E-state index contributed by atoms with van der Waals surface area (Å²) in [6, 6.07) is 7.27. The summed E-state index contributed by atoms with van der Waals surface area (Å²) >= 11 is 0. The largest absolute Gasteiger partial charge is 0.497 e. The lowest BCUT2D eigenvalue weighted by molar-refractivity contribution is 0.0982. The van der Waals surface area contributed by atoms with Crippen molar-refractivity contribution in [2.45, 2.75) is 25.8 Å². The van der Waals surface area contributed by atoms with Crippen molar-refractivity contribution in [3.8, 4) is 5.75 Å². The fourth-order valence-electron chi connectivity index (χ4n) is 3.03. The third kappa shape index (κ3) is 5.56. The minimum atomic E-state index is -0.299. The highest BCUT2D eigenvalue weighted by Gasteiger charge is 2.24. The summed E-state index contributed by atoms with van der Waals surface area (Å²) in [4.78, 5) is 34.3. The predicted octanol–water partition coefficient (Wildman–Crippen LogP) is 2.77. The first kappa shape index (κ1) is 20.4. The molecule has 1 aliphatic heterocycles. The first-order chi connectivity index (χ1) is 14.1. The number of aromatic nitrogens is 2. The van der Waals surface area contributed by atoms with Gasteiger partial charge < -0.3 is 25.0 Å². The number of carbonyl (C=O) groups is 2. The molecule has 2 N–H and O–H groups in total. The molecule has 1 aromatic heterocycles. The van der Waals surface area contributed by atoms with Crippen LogP contribution in [-0.2, 0) is 4.74 Å². The minimum Gasteiger partial charge on any atom is -0.497 e. The lowest BCUT2D eigenvalue weighted by atomic mass is 10.1. The van der Waals surface area contributed by atoms with E-state index in [1.807, 2.05) is 0 Å². The second kappa shape index (κ2) is 9.72. The zero-order valence-electron chi connectivity index (χ0n) is 16.6. The summed E-state index contributed by atoms with van der Waals surface area (Å²) in [5.74, 6) is 0.817. The molecule has 9 heteroatoms. The standard InChI is InChI=1S/C20H25N5O4/c1-3-29-20(27)25-9-7-15(8-10-25)24-19-21-12-14(13-22-19)18(26)23-16-5-4-6-17(11-16)28-2/h4-6,11-13,15H,3,7-10H2,1-2H3,(H,23,26)(H,21,22,24). The molecule has 0 atom stereocenters. The summed E-state index contributed by atoms with van der Waals surface area (Å²) in [6.07, 6.45) is 4.26. The molecular weight excluding hydrogens is 374 g/mol. The van der Waals surface area contributed by atoms with Crippen molar-refractivity contribution in [1.29, 1.82) is 0 Å². The van der Waals surface area contributed by atoms with Gasteiger partial charge in [-0.2, -0.15) is 0 Å². The molecule has 0 unspecified atom stereocenters. The molecule has 0 saturated carbocycles. The van der Waals surface area contributed by atoms with Crippen molar-refractivity contribution in [1.82, 2.24) is 14.9 Å². The highest BCUT2D eigenvalue weighted by atomic mass is 16.6. The van der Waals surface area contributed by atoms with Crippen LogP contribution in [0.2, 0.25) is 0 Å². The maximum absolute atomic E-state index is 12.4. The summed E-state index contributed by atoms with van der Waals surface area (Å²) in [5, 5.41) is 6.04. The smallest absolute Gasteiger partial charge is 0.409 e.